The van der Waals surface area contributed by atoms with Gasteiger partial charge in [-0.05, 0) is 63.4 Å². The van der Waals surface area contributed by atoms with Crippen molar-refractivity contribution in [3.63, 3.8) is 0 Å². The van der Waals surface area contributed by atoms with Crippen LogP contribution >= 0.6 is 23.1 Å². The van der Waals surface area contributed by atoms with Gasteiger partial charge in [-0.3, -0.25) is 4.79 Å². The van der Waals surface area contributed by atoms with Gasteiger partial charge < -0.3 is 10.1 Å². The van der Waals surface area contributed by atoms with Crippen LogP contribution in [0.25, 0.3) is 10.9 Å². The number of nitrogens with one attached hydrogen (secondary N) is 1. The highest BCUT2D eigenvalue weighted by Crippen LogP contribution is 2.33. The van der Waals surface area contributed by atoms with E-state index in [1.165, 1.54) is 35.8 Å². The third-order valence-corrected chi connectivity index (χ3v) is 6.98. The predicted molar refractivity (Wildman–Crippen MR) is 120 cm³/mol. The normalized spacial score (nSPS) is 11.0. The Labute approximate surface area is 178 Å². The molecular weight excluding hydrogens is 404 g/mol. The first kappa shape index (κ1) is 21.3. The quantitative estimate of drug-likeness (QED) is 0.438. The molecule has 0 spiro atoms. The number of ether oxygens (including phenoxy) is 1. The molecule has 0 saturated carbocycles. The molecule has 0 unspecified atom stereocenters. The maximum Gasteiger partial charge on any atom is 0.341 e. The van der Waals surface area contributed by atoms with Crippen molar-refractivity contribution in [2.24, 2.45) is 0 Å². The van der Waals surface area contributed by atoms with Gasteiger partial charge in [0.25, 0.3) is 0 Å². The lowest BCUT2D eigenvalue weighted by atomic mass is 10.1. The van der Waals surface area contributed by atoms with Gasteiger partial charge in [0.15, 0.2) is 0 Å². The Hall–Kier alpha value is -2.38. The summed E-state index contributed by atoms with van der Waals surface area (Å²) >= 11 is 2.78. The first-order valence-corrected chi connectivity index (χ1v) is 11.0. The number of aryl methyl sites for hydroxylation is 4. The van der Waals surface area contributed by atoms with Gasteiger partial charge in [-0.1, -0.05) is 23.4 Å². The summed E-state index contributed by atoms with van der Waals surface area (Å²) < 4.78 is 4.86. The van der Waals surface area contributed by atoms with Crippen molar-refractivity contribution in [1.82, 2.24) is 4.98 Å². The molecule has 1 N–H and O–H groups in total. The van der Waals surface area contributed by atoms with Crippen molar-refractivity contribution in [3.8, 4) is 0 Å². The average molecular weight is 429 g/mol. The molecule has 0 saturated heterocycles. The molecule has 29 heavy (non-hydrogen) atoms. The van der Waals surface area contributed by atoms with E-state index in [2.05, 4.69) is 37.4 Å². The van der Waals surface area contributed by atoms with E-state index < -0.39 is 5.97 Å². The fourth-order valence-corrected chi connectivity index (χ4v) is 5.09. The lowest BCUT2D eigenvalue weighted by Crippen LogP contribution is -2.16. The van der Waals surface area contributed by atoms with Crippen LogP contribution in [0.2, 0.25) is 0 Å². The molecule has 1 aromatic carbocycles. The zero-order valence-corrected chi connectivity index (χ0v) is 19.1. The van der Waals surface area contributed by atoms with Crippen LogP contribution in [0, 0.1) is 34.6 Å². The summed E-state index contributed by atoms with van der Waals surface area (Å²) in [6.07, 6.45) is 0. The van der Waals surface area contributed by atoms with Crippen molar-refractivity contribution in [2.75, 3.05) is 18.2 Å². The highest BCUT2D eigenvalue weighted by Gasteiger charge is 2.21. The standard InChI is InChI=1S/C22H24N2O3S2/c1-11-7-12(2)19-16(8-11)9-13(3)20(24-19)28-10-17(25)23-21-18(22(26)27-6)14(4)15(5)29-21/h7-9H,10H2,1-6H3,(H,23,25). The number of thiophene rings is 1. The Balaban J connectivity index is 1.77. The molecule has 0 bridgehead atoms. The molecule has 1 amide bonds. The Morgan fingerprint density at radius 1 is 1.10 bits per heavy atom. The maximum absolute atomic E-state index is 12.6. The topological polar surface area (TPSA) is 68.3 Å². The molecule has 2 heterocycles. The molecule has 5 nitrogen and oxygen atoms in total. The number of pyridine rings is 1. The van der Waals surface area contributed by atoms with Crippen molar-refractivity contribution in [2.45, 2.75) is 39.6 Å². The molecule has 0 aliphatic carbocycles. The molecular formula is C22H24N2O3S2. The monoisotopic (exact) mass is 428 g/mol. The summed E-state index contributed by atoms with van der Waals surface area (Å²) in [5.41, 5.74) is 5.60. The van der Waals surface area contributed by atoms with Crippen LogP contribution < -0.4 is 5.32 Å². The van der Waals surface area contributed by atoms with Crippen molar-refractivity contribution < 1.29 is 14.3 Å². The van der Waals surface area contributed by atoms with Gasteiger partial charge in [0, 0.05) is 10.3 Å². The number of amides is 1. The molecule has 7 heteroatoms. The first-order chi connectivity index (χ1) is 13.7. The second kappa shape index (κ2) is 8.55. The highest BCUT2D eigenvalue weighted by atomic mass is 32.2. The number of aromatic nitrogens is 1. The number of nitrogens with zero attached hydrogens (tertiary/aromatic N) is 1. The van der Waals surface area contributed by atoms with E-state index in [-0.39, 0.29) is 11.7 Å². The number of hydrogen-bond acceptors (Lipinski definition) is 6. The summed E-state index contributed by atoms with van der Waals surface area (Å²) in [6.45, 7) is 9.91. The van der Waals surface area contributed by atoms with E-state index in [1.54, 1.807) is 0 Å². The van der Waals surface area contributed by atoms with Crippen LogP contribution in [-0.2, 0) is 9.53 Å². The molecule has 0 aliphatic rings. The molecule has 2 aromatic heterocycles. The average Bonchev–Trinajstić information content (AvgIpc) is 2.93. The van der Waals surface area contributed by atoms with Crippen molar-refractivity contribution in [1.29, 1.82) is 0 Å². The van der Waals surface area contributed by atoms with Crippen LogP contribution in [-0.4, -0.2) is 29.7 Å². The number of methoxy groups -OCH3 is 1. The number of carbonyl (C=O) groups is 2. The summed E-state index contributed by atoms with van der Waals surface area (Å²) in [5.74, 6) is -0.406. The van der Waals surface area contributed by atoms with E-state index in [9.17, 15) is 9.59 Å². The van der Waals surface area contributed by atoms with Gasteiger partial charge in [0.05, 0.1) is 23.9 Å². The zero-order chi connectivity index (χ0) is 21.3. The summed E-state index contributed by atoms with van der Waals surface area (Å²) in [6, 6.07) is 6.35. The van der Waals surface area contributed by atoms with Gasteiger partial charge >= 0.3 is 5.97 Å². The van der Waals surface area contributed by atoms with E-state index in [1.807, 2.05) is 20.8 Å². The third-order valence-electron chi connectivity index (χ3n) is 4.76. The van der Waals surface area contributed by atoms with Crippen molar-refractivity contribution in [3.05, 3.63) is 50.9 Å². The smallest absolute Gasteiger partial charge is 0.341 e. The zero-order valence-electron chi connectivity index (χ0n) is 17.4. The molecule has 0 fully saturated rings. The van der Waals surface area contributed by atoms with Gasteiger partial charge in [0.2, 0.25) is 5.91 Å². The van der Waals surface area contributed by atoms with E-state index in [4.69, 9.17) is 9.72 Å². The molecule has 0 atom stereocenters. The van der Waals surface area contributed by atoms with Crippen LogP contribution in [0.5, 0.6) is 0 Å². The highest BCUT2D eigenvalue weighted by molar-refractivity contribution is 8.00. The van der Waals surface area contributed by atoms with Gasteiger partial charge in [-0.15, -0.1) is 11.3 Å². The van der Waals surface area contributed by atoms with Crippen LogP contribution in [0.15, 0.2) is 23.2 Å². The van der Waals surface area contributed by atoms with Gasteiger partial charge in [0.1, 0.15) is 10.0 Å². The van der Waals surface area contributed by atoms with Crippen LogP contribution in [0.3, 0.4) is 0 Å². The molecule has 3 aromatic rings. The Morgan fingerprint density at radius 2 is 1.83 bits per heavy atom. The minimum atomic E-state index is -0.437. The number of esters is 1. The molecule has 3 rings (SSSR count). The SMILES string of the molecule is COC(=O)c1c(NC(=O)CSc2nc3c(C)cc(C)cc3cc2C)sc(C)c1C. The largest absolute Gasteiger partial charge is 0.465 e. The Kier molecular flexibility index (Phi) is 6.29. The number of rotatable bonds is 5. The maximum atomic E-state index is 12.6. The second-order valence-corrected chi connectivity index (χ2v) is 9.27. The summed E-state index contributed by atoms with van der Waals surface area (Å²) in [7, 11) is 1.34. The molecule has 0 radical (unpaired) electrons. The fraction of sp³-hybridized carbons (Fsp3) is 0.318. The number of anilines is 1. The number of fused-ring (bicyclic) bond motifs is 1. The number of benzene rings is 1. The van der Waals surface area contributed by atoms with Crippen LogP contribution in [0.1, 0.15) is 37.5 Å². The number of hydrogen-bond donors (Lipinski definition) is 1. The minimum absolute atomic E-state index is 0.177. The van der Waals surface area contributed by atoms with E-state index in [0.29, 0.717) is 10.6 Å². The number of carbonyl (C=O) groups excluding carboxylic acids is 2. The summed E-state index contributed by atoms with van der Waals surface area (Å²) in [5, 5.41) is 5.35. The fourth-order valence-electron chi connectivity index (χ4n) is 3.25. The third kappa shape index (κ3) is 4.46. The molecule has 152 valence electrons. The lowest BCUT2D eigenvalue weighted by molar-refractivity contribution is -0.113. The van der Waals surface area contributed by atoms with Gasteiger partial charge in [-0.25, -0.2) is 9.78 Å². The Morgan fingerprint density at radius 3 is 2.52 bits per heavy atom. The minimum Gasteiger partial charge on any atom is -0.465 e. The number of thioether (sulfide) groups is 1. The molecule has 0 aliphatic heterocycles. The van der Waals surface area contributed by atoms with E-state index in [0.717, 1.165) is 37.5 Å². The lowest BCUT2D eigenvalue weighted by Gasteiger charge is -2.10. The first-order valence-electron chi connectivity index (χ1n) is 9.20. The Bertz CT molecular complexity index is 1120. The summed E-state index contributed by atoms with van der Waals surface area (Å²) in [4.78, 5) is 30.4. The predicted octanol–water partition coefficient (Wildman–Crippen LogP) is 5.36. The second-order valence-electron chi connectivity index (χ2n) is 7.08. The van der Waals surface area contributed by atoms with E-state index >= 15 is 0 Å². The van der Waals surface area contributed by atoms with Gasteiger partial charge in [-0.2, -0.15) is 0 Å². The van der Waals surface area contributed by atoms with Crippen molar-refractivity contribution >= 4 is 50.9 Å². The van der Waals surface area contributed by atoms with Crippen LogP contribution in [0.4, 0.5) is 5.00 Å².